The van der Waals surface area contributed by atoms with E-state index in [9.17, 15) is 10.1 Å². The molecule has 4 nitrogen and oxygen atoms in total. The molecule has 4 heteroatoms. The number of rotatable bonds is 4. The quantitative estimate of drug-likeness (QED) is 0.643. The summed E-state index contributed by atoms with van der Waals surface area (Å²) in [6.45, 7) is 4.06. The van der Waals surface area contributed by atoms with Gasteiger partial charge in [0.05, 0.1) is 12.5 Å². The number of nitrogens with zero attached hydrogens (tertiary/aromatic N) is 2. The zero-order valence-corrected chi connectivity index (χ0v) is 12.7. The molecule has 1 saturated heterocycles. The van der Waals surface area contributed by atoms with Crippen molar-refractivity contribution in [2.75, 3.05) is 13.1 Å². The first-order valence-electron chi connectivity index (χ1n) is 7.60. The van der Waals surface area contributed by atoms with Gasteiger partial charge in [-0.3, -0.25) is 15.0 Å². The maximum atomic E-state index is 11.5. The Labute approximate surface area is 130 Å². The molecular weight excluding hydrogens is 276 g/mol. The highest BCUT2D eigenvalue weighted by Crippen LogP contribution is 2.32. The number of nitro groups is 1. The van der Waals surface area contributed by atoms with Gasteiger partial charge in [0.2, 0.25) is 6.04 Å². The van der Waals surface area contributed by atoms with Gasteiger partial charge in [-0.05, 0) is 23.6 Å². The van der Waals surface area contributed by atoms with E-state index >= 15 is 0 Å². The topological polar surface area (TPSA) is 46.4 Å². The average Bonchev–Trinajstić information content (AvgIpc) is 2.92. The molecule has 0 saturated carbocycles. The van der Waals surface area contributed by atoms with Crippen LogP contribution in [-0.4, -0.2) is 29.0 Å². The summed E-state index contributed by atoms with van der Waals surface area (Å²) in [5.41, 5.74) is 3.45. The number of hydrogen-bond acceptors (Lipinski definition) is 3. The third-order valence-electron chi connectivity index (χ3n) is 4.47. The maximum absolute atomic E-state index is 11.5. The van der Waals surface area contributed by atoms with E-state index in [0.717, 1.165) is 24.2 Å². The van der Waals surface area contributed by atoms with Gasteiger partial charge in [0, 0.05) is 18.0 Å². The fourth-order valence-corrected chi connectivity index (χ4v) is 3.36. The second-order valence-electron chi connectivity index (χ2n) is 6.00. The van der Waals surface area contributed by atoms with Crippen molar-refractivity contribution in [3.8, 4) is 0 Å². The summed E-state index contributed by atoms with van der Waals surface area (Å²) in [6, 6.07) is 17.6. The molecule has 3 rings (SSSR count). The molecule has 22 heavy (non-hydrogen) atoms. The zero-order valence-electron chi connectivity index (χ0n) is 12.7. The monoisotopic (exact) mass is 296 g/mol. The van der Waals surface area contributed by atoms with Crippen molar-refractivity contribution in [1.82, 2.24) is 4.90 Å². The molecule has 0 amide bonds. The summed E-state index contributed by atoms with van der Waals surface area (Å²) in [4.78, 5) is 13.6. The van der Waals surface area contributed by atoms with Gasteiger partial charge in [0.25, 0.3) is 0 Å². The van der Waals surface area contributed by atoms with Gasteiger partial charge in [0.1, 0.15) is 0 Å². The molecule has 0 radical (unpaired) electrons. The molecule has 114 valence electrons. The molecule has 0 N–H and O–H groups in total. The Morgan fingerprint density at radius 3 is 2.45 bits per heavy atom. The predicted octanol–water partition coefficient (Wildman–Crippen LogP) is 3.24. The first kappa shape index (κ1) is 14.7. The van der Waals surface area contributed by atoms with Gasteiger partial charge in [-0.1, -0.05) is 54.6 Å². The van der Waals surface area contributed by atoms with E-state index in [1.807, 2.05) is 49.4 Å². The van der Waals surface area contributed by atoms with Crippen LogP contribution in [0.1, 0.15) is 22.6 Å². The fourth-order valence-electron chi connectivity index (χ4n) is 3.36. The summed E-state index contributed by atoms with van der Waals surface area (Å²) in [5, 5.41) is 11.5. The van der Waals surface area contributed by atoms with Gasteiger partial charge < -0.3 is 0 Å². The number of benzene rings is 2. The van der Waals surface area contributed by atoms with E-state index in [2.05, 4.69) is 17.0 Å². The van der Waals surface area contributed by atoms with Crippen molar-refractivity contribution < 1.29 is 4.92 Å². The zero-order chi connectivity index (χ0) is 15.5. The maximum Gasteiger partial charge on any atom is 0.233 e. The van der Waals surface area contributed by atoms with Crippen LogP contribution in [-0.2, 0) is 6.54 Å². The van der Waals surface area contributed by atoms with E-state index in [4.69, 9.17) is 0 Å². The van der Waals surface area contributed by atoms with Crippen LogP contribution in [0.15, 0.2) is 54.6 Å². The molecule has 0 aromatic heterocycles. The normalized spacial score (nSPS) is 21.9. The van der Waals surface area contributed by atoms with Gasteiger partial charge >= 0.3 is 0 Å². The highest BCUT2D eigenvalue weighted by molar-refractivity contribution is 5.31. The van der Waals surface area contributed by atoms with Crippen molar-refractivity contribution in [2.45, 2.75) is 25.4 Å². The third kappa shape index (κ3) is 3.02. The Hall–Kier alpha value is -2.20. The lowest BCUT2D eigenvalue weighted by molar-refractivity contribution is -0.521. The van der Waals surface area contributed by atoms with Crippen molar-refractivity contribution >= 4 is 0 Å². The SMILES string of the molecule is Cc1ccccc1C1CN(Cc2ccccc2)CC1[N+](=O)[O-]. The van der Waals surface area contributed by atoms with Gasteiger partial charge in [-0.25, -0.2) is 0 Å². The van der Waals surface area contributed by atoms with Crippen LogP contribution in [0.2, 0.25) is 0 Å². The van der Waals surface area contributed by atoms with Crippen molar-refractivity contribution in [3.05, 3.63) is 81.4 Å². The molecule has 0 bridgehead atoms. The Morgan fingerprint density at radius 2 is 1.77 bits per heavy atom. The molecule has 1 aliphatic heterocycles. The lowest BCUT2D eigenvalue weighted by atomic mass is 9.91. The first-order chi connectivity index (χ1) is 10.6. The van der Waals surface area contributed by atoms with Gasteiger partial charge in [0.15, 0.2) is 0 Å². The van der Waals surface area contributed by atoms with Gasteiger partial charge in [-0.2, -0.15) is 0 Å². The third-order valence-corrected chi connectivity index (χ3v) is 4.47. The Morgan fingerprint density at radius 1 is 1.09 bits per heavy atom. The van der Waals surface area contributed by atoms with Crippen LogP contribution >= 0.6 is 0 Å². The van der Waals surface area contributed by atoms with Crippen molar-refractivity contribution in [3.63, 3.8) is 0 Å². The summed E-state index contributed by atoms with van der Waals surface area (Å²) < 4.78 is 0. The molecule has 2 unspecified atom stereocenters. The minimum Gasteiger partial charge on any atom is -0.292 e. The standard InChI is InChI=1S/C18H20N2O2/c1-14-7-5-6-10-16(14)17-12-19(13-18(17)20(21)22)11-15-8-3-2-4-9-15/h2-10,17-18H,11-13H2,1H3. The molecule has 0 spiro atoms. The van der Waals surface area contributed by atoms with E-state index in [0.29, 0.717) is 6.54 Å². The highest BCUT2D eigenvalue weighted by atomic mass is 16.6. The molecule has 0 aliphatic carbocycles. The Kier molecular flexibility index (Phi) is 4.20. The summed E-state index contributed by atoms with van der Waals surface area (Å²) >= 11 is 0. The minimum absolute atomic E-state index is 0.0279. The first-order valence-corrected chi connectivity index (χ1v) is 7.60. The van der Waals surface area contributed by atoms with Crippen molar-refractivity contribution in [2.24, 2.45) is 0 Å². The van der Waals surface area contributed by atoms with E-state index < -0.39 is 6.04 Å². The van der Waals surface area contributed by atoms with Crippen molar-refractivity contribution in [1.29, 1.82) is 0 Å². The molecule has 2 aromatic rings. The Bertz CT molecular complexity index is 657. The van der Waals surface area contributed by atoms with E-state index in [-0.39, 0.29) is 10.8 Å². The molecule has 2 aromatic carbocycles. The van der Waals surface area contributed by atoms with E-state index in [1.165, 1.54) is 5.56 Å². The predicted molar refractivity (Wildman–Crippen MR) is 86.4 cm³/mol. The van der Waals surface area contributed by atoms with Gasteiger partial charge in [-0.15, -0.1) is 0 Å². The van der Waals surface area contributed by atoms with Crippen LogP contribution in [0.3, 0.4) is 0 Å². The number of aryl methyl sites for hydroxylation is 1. The lowest BCUT2D eigenvalue weighted by Gasteiger charge is -2.16. The molecule has 1 aliphatic rings. The largest absolute Gasteiger partial charge is 0.292 e. The number of likely N-dealkylation sites (tertiary alicyclic amines) is 1. The molecule has 1 heterocycles. The molecule has 1 fully saturated rings. The van der Waals surface area contributed by atoms with Crippen LogP contribution in [0.4, 0.5) is 0 Å². The van der Waals surface area contributed by atoms with Crippen LogP contribution in [0.5, 0.6) is 0 Å². The van der Waals surface area contributed by atoms with Crippen LogP contribution < -0.4 is 0 Å². The minimum atomic E-state index is -0.523. The molecular formula is C18H20N2O2. The average molecular weight is 296 g/mol. The van der Waals surface area contributed by atoms with Crippen LogP contribution in [0.25, 0.3) is 0 Å². The Balaban J connectivity index is 1.81. The summed E-state index contributed by atoms with van der Waals surface area (Å²) in [6.07, 6.45) is 0. The summed E-state index contributed by atoms with van der Waals surface area (Å²) in [5.74, 6) is -0.0279. The second kappa shape index (κ2) is 6.28. The molecule has 2 atom stereocenters. The van der Waals surface area contributed by atoms with E-state index in [1.54, 1.807) is 0 Å². The number of hydrogen-bond donors (Lipinski definition) is 0. The second-order valence-corrected chi connectivity index (χ2v) is 6.00. The lowest BCUT2D eigenvalue weighted by Crippen LogP contribution is -2.28. The smallest absolute Gasteiger partial charge is 0.233 e. The van der Waals surface area contributed by atoms with Crippen LogP contribution in [0, 0.1) is 17.0 Å². The summed E-state index contributed by atoms with van der Waals surface area (Å²) in [7, 11) is 0. The fraction of sp³-hybridized carbons (Fsp3) is 0.333. The highest BCUT2D eigenvalue weighted by Gasteiger charge is 2.42.